The molecule has 0 aliphatic rings. The molecule has 0 saturated carbocycles. The largest absolute Gasteiger partial charge is 0.376 e. The molecular formula is C12H15ClO. The Morgan fingerprint density at radius 1 is 1.14 bits per heavy atom. The van der Waals surface area contributed by atoms with E-state index in [0.717, 1.165) is 13.0 Å². The summed E-state index contributed by atoms with van der Waals surface area (Å²) >= 11 is 5.48. The molecule has 0 bridgehead atoms. The Kier molecular flexibility index (Phi) is 6.13. The third kappa shape index (κ3) is 5.05. The molecule has 14 heavy (non-hydrogen) atoms. The minimum absolute atomic E-state index is 0.582. The molecule has 0 atom stereocenters. The highest BCUT2D eigenvalue weighted by Gasteiger charge is 1.89. The van der Waals surface area contributed by atoms with Gasteiger partial charge in [-0.25, -0.2) is 0 Å². The van der Waals surface area contributed by atoms with Gasteiger partial charge in [-0.3, -0.25) is 0 Å². The van der Waals surface area contributed by atoms with Crippen molar-refractivity contribution in [2.45, 2.75) is 13.0 Å². The second-order valence-corrected chi connectivity index (χ2v) is 3.26. The van der Waals surface area contributed by atoms with Gasteiger partial charge >= 0.3 is 0 Å². The molecule has 0 spiro atoms. The molecule has 0 aromatic heterocycles. The fourth-order valence-electron chi connectivity index (χ4n) is 1.10. The highest BCUT2D eigenvalue weighted by molar-refractivity contribution is 6.18. The van der Waals surface area contributed by atoms with E-state index in [4.69, 9.17) is 16.3 Å². The predicted molar refractivity (Wildman–Crippen MR) is 60.6 cm³/mol. The van der Waals surface area contributed by atoms with Gasteiger partial charge in [0.05, 0.1) is 13.2 Å². The van der Waals surface area contributed by atoms with Crippen LogP contribution in [0.5, 0.6) is 0 Å². The van der Waals surface area contributed by atoms with Crippen LogP contribution in [0.1, 0.15) is 12.0 Å². The Labute approximate surface area is 90.3 Å². The molecule has 1 aromatic rings. The molecule has 1 nitrogen and oxygen atoms in total. The third-order valence-corrected chi connectivity index (χ3v) is 1.97. The molecule has 1 aromatic carbocycles. The molecule has 0 saturated heterocycles. The first-order valence-corrected chi connectivity index (χ1v) is 5.29. The molecule has 0 N–H and O–H groups in total. The maximum Gasteiger partial charge on any atom is 0.0717 e. The topological polar surface area (TPSA) is 9.23 Å². The van der Waals surface area contributed by atoms with Crippen LogP contribution in [-0.4, -0.2) is 12.5 Å². The maximum atomic E-state index is 5.48. The third-order valence-electron chi connectivity index (χ3n) is 1.80. The van der Waals surface area contributed by atoms with E-state index >= 15 is 0 Å². The molecular weight excluding hydrogens is 196 g/mol. The van der Waals surface area contributed by atoms with Crippen molar-refractivity contribution >= 4 is 11.6 Å². The molecule has 0 aliphatic heterocycles. The predicted octanol–water partition coefficient (Wildman–Crippen LogP) is 3.39. The van der Waals surface area contributed by atoms with Gasteiger partial charge in [-0.2, -0.15) is 0 Å². The van der Waals surface area contributed by atoms with E-state index in [9.17, 15) is 0 Å². The normalized spacial score (nSPS) is 10.9. The van der Waals surface area contributed by atoms with Crippen molar-refractivity contribution < 1.29 is 4.74 Å². The second-order valence-electron chi connectivity index (χ2n) is 2.95. The minimum Gasteiger partial charge on any atom is -0.376 e. The van der Waals surface area contributed by atoms with E-state index < -0.39 is 0 Å². The summed E-state index contributed by atoms with van der Waals surface area (Å²) in [5.74, 6) is 0.582. The van der Waals surface area contributed by atoms with Gasteiger partial charge in [0.2, 0.25) is 0 Å². The molecule has 0 radical (unpaired) electrons. The van der Waals surface area contributed by atoms with Gasteiger partial charge in [-0.1, -0.05) is 42.5 Å². The van der Waals surface area contributed by atoms with Crippen LogP contribution in [0.3, 0.4) is 0 Å². The molecule has 0 aliphatic carbocycles. The van der Waals surface area contributed by atoms with E-state index in [1.807, 2.05) is 30.4 Å². The van der Waals surface area contributed by atoms with Crippen LogP contribution in [0.4, 0.5) is 0 Å². The molecule has 76 valence electrons. The molecule has 0 unspecified atom stereocenters. The summed E-state index contributed by atoms with van der Waals surface area (Å²) in [6.45, 7) is 1.44. The van der Waals surface area contributed by atoms with Gasteiger partial charge in [0.1, 0.15) is 0 Å². The Bertz CT molecular complexity index is 256. The number of alkyl halides is 1. The van der Waals surface area contributed by atoms with Gasteiger partial charge in [0.15, 0.2) is 0 Å². The van der Waals surface area contributed by atoms with E-state index in [0.29, 0.717) is 12.5 Å². The molecule has 1 rings (SSSR count). The van der Waals surface area contributed by atoms with E-state index in [1.54, 1.807) is 0 Å². The van der Waals surface area contributed by atoms with Crippen molar-refractivity contribution in [2.24, 2.45) is 0 Å². The Morgan fingerprint density at radius 2 is 1.93 bits per heavy atom. The van der Waals surface area contributed by atoms with Gasteiger partial charge in [0, 0.05) is 5.88 Å². The lowest BCUT2D eigenvalue weighted by atomic mass is 10.2. The van der Waals surface area contributed by atoms with Crippen LogP contribution < -0.4 is 0 Å². The summed E-state index contributed by atoms with van der Waals surface area (Å²) in [5, 5.41) is 0. The van der Waals surface area contributed by atoms with Gasteiger partial charge < -0.3 is 4.74 Å². The SMILES string of the molecule is ClC/C=C/CCOCc1ccccc1. The number of halogens is 1. The zero-order chi connectivity index (χ0) is 10.1. The fraction of sp³-hybridized carbons (Fsp3) is 0.333. The van der Waals surface area contributed by atoms with Crippen LogP contribution in [0.15, 0.2) is 42.5 Å². The minimum atomic E-state index is 0.582. The van der Waals surface area contributed by atoms with E-state index in [-0.39, 0.29) is 0 Å². The summed E-state index contributed by atoms with van der Waals surface area (Å²) in [7, 11) is 0. The quantitative estimate of drug-likeness (QED) is 0.397. The number of ether oxygens (including phenoxy) is 1. The maximum absolute atomic E-state index is 5.48. The second kappa shape index (κ2) is 7.60. The van der Waals surface area contributed by atoms with Crippen molar-refractivity contribution in [3.05, 3.63) is 48.0 Å². The summed E-state index contributed by atoms with van der Waals surface area (Å²) in [4.78, 5) is 0. The molecule has 0 amide bonds. The van der Waals surface area contributed by atoms with E-state index in [1.165, 1.54) is 5.56 Å². The first kappa shape index (κ1) is 11.3. The monoisotopic (exact) mass is 210 g/mol. The van der Waals surface area contributed by atoms with E-state index in [2.05, 4.69) is 12.1 Å². The van der Waals surface area contributed by atoms with Crippen molar-refractivity contribution in [2.75, 3.05) is 12.5 Å². The number of hydrogen-bond acceptors (Lipinski definition) is 1. The van der Waals surface area contributed by atoms with Crippen molar-refractivity contribution in [3.8, 4) is 0 Å². The summed E-state index contributed by atoms with van der Waals surface area (Å²) in [6.07, 6.45) is 4.91. The summed E-state index contributed by atoms with van der Waals surface area (Å²) < 4.78 is 5.47. The summed E-state index contributed by atoms with van der Waals surface area (Å²) in [6, 6.07) is 10.2. The lowest BCUT2D eigenvalue weighted by molar-refractivity contribution is 0.125. The summed E-state index contributed by atoms with van der Waals surface area (Å²) in [5.41, 5.74) is 1.22. The standard InChI is InChI=1S/C12H15ClO/c13-9-5-2-6-10-14-11-12-7-3-1-4-8-12/h1-5,7-8H,6,9-11H2/b5-2+. The van der Waals surface area contributed by atoms with Crippen LogP contribution in [0.25, 0.3) is 0 Å². The van der Waals surface area contributed by atoms with Crippen LogP contribution in [0, 0.1) is 0 Å². The smallest absolute Gasteiger partial charge is 0.0717 e. The number of hydrogen-bond donors (Lipinski definition) is 0. The Hall–Kier alpha value is -0.790. The number of allylic oxidation sites excluding steroid dienone is 1. The van der Waals surface area contributed by atoms with Crippen molar-refractivity contribution in [1.82, 2.24) is 0 Å². The average molecular weight is 211 g/mol. The van der Waals surface area contributed by atoms with Crippen molar-refractivity contribution in [3.63, 3.8) is 0 Å². The first-order valence-electron chi connectivity index (χ1n) is 4.76. The Balaban J connectivity index is 2.07. The highest BCUT2D eigenvalue weighted by atomic mass is 35.5. The van der Waals surface area contributed by atoms with Crippen molar-refractivity contribution in [1.29, 1.82) is 0 Å². The first-order chi connectivity index (χ1) is 6.93. The Morgan fingerprint density at radius 3 is 2.64 bits per heavy atom. The lowest BCUT2D eigenvalue weighted by Gasteiger charge is -2.01. The van der Waals surface area contributed by atoms with Gasteiger partial charge in [0.25, 0.3) is 0 Å². The lowest BCUT2D eigenvalue weighted by Crippen LogP contribution is -1.93. The zero-order valence-electron chi connectivity index (χ0n) is 8.16. The van der Waals surface area contributed by atoms with Gasteiger partial charge in [-0.15, -0.1) is 11.6 Å². The average Bonchev–Trinajstić information content (AvgIpc) is 2.25. The highest BCUT2D eigenvalue weighted by Crippen LogP contribution is 2.00. The number of rotatable bonds is 6. The molecule has 0 heterocycles. The van der Waals surface area contributed by atoms with Crippen LogP contribution in [0.2, 0.25) is 0 Å². The van der Waals surface area contributed by atoms with Gasteiger partial charge in [-0.05, 0) is 12.0 Å². The molecule has 2 heteroatoms. The van der Waals surface area contributed by atoms with Crippen LogP contribution >= 0.6 is 11.6 Å². The van der Waals surface area contributed by atoms with Crippen LogP contribution in [-0.2, 0) is 11.3 Å². The fourth-order valence-corrected chi connectivity index (χ4v) is 1.22. The number of benzene rings is 1. The zero-order valence-corrected chi connectivity index (χ0v) is 8.91. The molecule has 0 fully saturated rings.